The Kier molecular flexibility index (Phi) is 6.24. The Morgan fingerprint density at radius 3 is 2.31 bits per heavy atom. The van der Waals surface area contributed by atoms with Gasteiger partial charge in [0.25, 0.3) is 0 Å². The maximum atomic E-state index is 13.8. The highest BCUT2D eigenvalue weighted by Crippen LogP contribution is 2.21. The van der Waals surface area contributed by atoms with Crippen LogP contribution in [0.3, 0.4) is 0 Å². The van der Waals surface area contributed by atoms with Gasteiger partial charge in [0, 0.05) is 26.2 Å². The number of piperazine rings is 1. The molecule has 1 heterocycles. The van der Waals surface area contributed by atoms with E-state index in [9.17, 15) is 17.6 Å². The van der Waals surface area contributed by atoms with Crippen molar-refractivity contribution >= 4 is 15.9 Å². The summed E-state index contributed by atoms with van der Waals surface area (Å²) in [5.41, 5.74) is 2.51. The van der Waals surface area contributed by atoms with E-state index in [4.69, 9.17) is 4.74 Å². The number of halogens is 1. The Morgan fingerprint density at radius 2 is 1.72 bits per heavy atom. The van der Waals surface area contributed by atoms with Crippen LogP contribution in [0.15, 0.2) is 41.3 Å². The smallest absolute Gasteiger partial charge is 0.243 e. The maximum absolute atomic E-state index is 13.8. The molecule has 0 spiro atoms. The number of sulfonamides is 1. The summed E-state index contributed by atoms with van der Waals surface area (Å²) >= 11 is 0. The molecule has 1 aliphatic heterocycles. The van der Waals surface area contributed by atoms with Crippen molar-refractivity contribution in [3.63, 3.8) is 0 Å². The number of carbonyl (C=O) groups excluding carboxylic acids is 1. The number of aryl methyl sites for hydroxylation is 2. The van der Waals surface area contributed by atoms with Crippen LogP contribution in [0, 0.1) is 19.7 Å². The highest BCUT2D eigenvalue weighted by molar-refractivity contribution is 7.89. The fourth-order valence-corrected chi connectivity index (χ4v) is 4.82. The SMILES string of the molecule is COc1ccc(CC(=O)N2CCN(S(=O)(=O)c3ccc(C)c(C)c3)CC2)cc1F. The lowest BCUT2D eigenvalue weighted by atomic mass is 10.1. The fraction of sp³-hybridized carbons (Fsp3) is 0.381. The summed E-state index contributed by atoms with van der Waals surface area (Å²) in [4.78, 5) is 14.4. The Bertz CT molecular complexity index is 1020. The van der Waals surface area contributed by atoms with Crippen molar-refractivity contribution in [3.8, 4) is 5.75 Å². The van der Waals surface area contributed by atoms with Gasteiger partial charge in [-0.2, -0.15) is 4.31 Å². The summed E-state index contributed by atoms with van der Waals surface area (Å²) in [5.74, 6) is -0.536. The van der Waals surface area contributed by atoms with Gasteiger partial charge in [0.15, 0.2) is 11.6 Å². The summed E-state index contributed by atoms with van der Waals surface area (Å²) in [6.45, 7) is 4.90. The predicted octanol–water partition coefficient (Wildman–Crippen LogP) is 2.53. The molecule has 0 aliphatic carbocycles. The largest absolute Gasteiger partial charge is 0.494 e. The lowest BCUT2D eigenvalue weighted by Gasteiger charge is -2.34. The van der Waals surface area contributed by atoms with E-state index in [2.05, 4.69) is 0 Å². The van der Waals surface area contributed by atoms with E-state index in [1.807, 2.05) is 13.8 Å². The molecule has 0 aromatic heterocycles. The van der Waals surface area contributed by atoms with Gasteiger partial charge in [-0.1, -0.05) is 12.1 Å². The molecule has 2 aromatic carbocycles. The van der Waals surface area contributed by atoms with Crippen molar-refractivity contribution in [2.45, 2.75) is 25.2 Å². The first kappa shape index (κ1) is 21.3. The van der Waals surface area contributed by atoms with Crippen LogP contribution in [0.4, 0.5) is 4.39 Å². The summed E-state index contributed by atoms with van der Waals surface area (Å²) < 4.78 is 45.9. The van der Waals surface area contributed by atoms with E-state index in [0.29, 0.717) is 18.7 Å². The molecule has 0 saturated carbocycles. The number of carbonyl (C=O) groups is 1. The minimum Gasteiger partial charge on any atom is -0.494 e. The van der Waals surface area contributed by atoms with Crippen molar-refractivity contribution in [2.75, 3.05) is 33.3 Å². The number of hydrogen-bond acceptors (Lipinski definition) is 4. The molecular weight excluding hydrogens is 395 g/mol. The maximum Gasteiger partial charge on any atom is 0.243 e. The number of ether oxygens (including phenoxy) is 1. The molecule has 0 radical (unpaired) electrons. The average molecular weight is 421 g/mol. The van der Waals surface area contributed by atoms with Gasteiger partial charge in [0.2, 0.25) is 15.9 Å². The number of hydrogen-bond donors (Lipinski definition) is 0. The number of nitrogens with zero attached hydrogens (tertiary/aromatic N) is 2. The van der Waals surface area contributed by atoms with Gasteiger partial charge in [-0.3, -0.25) is 4.79 Å². The van der Waals surface area contributed by atoms with Crippen molar-refractivity contribution in [1.82, 2.24) is 9.21 Å². The number of methoxy groups -OCH3 is 1. The molecule has 0 bridgehead atoms. The minimum absolute atomic E-state index is 0.0603. The third-order valence-electron chi connectivity index (χ3n) is 5.28. The lowest BCUT2D eigenvalue weighted by molar-refractivity contribution is -0.131. The van der Waals surface area contributed by atoms with E-state index < -0.39 is 15.8 Å². The van der Waals surface area contributed by atoms with Crippen molar-refractivity contribution in [2.24, 2.45) is 0 Å². The predicted molar refractivity (Wildman–Crippen MR) is 108 cm³/mol. The topological polar surface area (TPSA) is 66.9 Å². The first-order chi connectivity index (χ1) is 13.7. The molecule has 29 heavy (non-hydrogen) atoms. The van der Waals surface area contributed by atoms with E-state index >= 15 is 0 Å². The molecule has 3 rings (SSSR count). The number of benzene rings is 2. The Labute approximate surface area is 170 Å². The highest BCUT2D eigenvalue weighted by Gasteiger charge is 2.30. The zero-order valence-corrected chi connectivity index (χ0v) is 17.6. The molecule has 1 aliphatic rings. The van der Waals surface area contributed by atoms with E-state index in [0.717, 1.165) is 11.1 Å². The summed E-state index contributed by atoms with van der Waals surface area (Å²) in [6.07, 6.45) is 0.0603. The first-order valence-electron chi connectivity index (χ1n) is 9.40. The van der Waals surface area contributed by atoms with Crippen LogP contribution in [0.1, 0.15) is 16.7 Å². The van der Waals surface area contributed by atoms with Crippen LogP contribution in [-0.2, 0) is 21.2 Å². The van der Waals surface area contributed by atoms with Crippen molar-refractivity contribution < 1.29 is 22.3 Å². The molecule has 6 nitrogen and oxygen atoms in total. The lowest BCUT2D eigenvalue weighted by Crippen LogP contribution is -2.50. The Morgan fingerprint density at radius 1 is 1.03 bits per heavy atom. The third-order valence-corrected chi connectivity index (χ3v) is 7.17. The van der Waals surface area contributed by atoms with Gasteiger partial charge >= 0.3 is 0 Å². The Hall–Kier alpha value is -2.45. The quantitative estimate of drug-likeness (QED) is 0.746. The molecule has 8 heteroatoms. The zero-order chi connectivity index (χ0) is 21.2. The average Bonchev–Trinajstić information content (AvgIpc) is 2.70. The highest BCUT2D eigenvalue weighted by atomic mass is 32.2. The van der Waals surface area contributed by atoms with Crippen LogP contribution in [0.25, 0.3) is 0 Å². The second kappa shape index (κ2) is 8.51. The third kappa shape index (κ3) is 4.59. The van der Waals surface area contributed by atoms with Crippen LogP contribution in [-0.4, -0.2) is 56.8 Å². The van der Waals surface area contributed by atoms with Crippen LogP contribution < -0.4 is 4.74 Å². The number of amides is 1. The standard InChI is InChI=1S/C21H25FN2O4S/c1-15-4-6-18(12-16(15)2)29(26,27)24-10-8-23(9-11-24)21(25)14-17-5-7-20(28-3)19(22)13-17/h4-7,12-13H,8-11,14H2,1-3H3. The second-order valence-electron chi connectivity index (χ2n) is 7.18. The summed E-state index contributed by atoms with van der Waals surface area (Å²) in [5, 5.41) is 0. The Balaban J connectivity index is 1.63. The van der Waals surface area contributed by atoms with Gasteiger partial charge in [0.1, 0.15) is 0 Å². The second-order valence-corrected chi connectivity index (χ2v) is 9.11. The first-order valence-corrected chi connectivity index (χ1v) is 10.8. The van der Waals surface area contributed by atoms with Crippen LogP contribution in [0.5, 0.6) is 5.75 Å². The van der Waals surface area contributed by atoms with E-state index in [-0.39, 0.29) is 36.1 Å². The van der Waals surface area contributed by atoms with E-state index in [1.54, 1.807) is 29.2 Å². The molecule has 156 valence electrons. The van der Waals surface area contributed by atoms with Crippen molar-refractivity contribution in [1.29, 1.82) is 0 Å². The molecule has 1 saturated heterocycles. The molecular formula is C21H25FN2O4S. The zero-order valence-electron chi connectivity index (χ0n) is 16.8. The summed E-state index contributed by atoms with van der Waals surface area (Å²) in [6, 6.07) is 9.53. The minimum atomic E-state index is -3.59. The van der Waals surface area contributed by atoms with Gasteiger partial charge in [-0.05, 0) is 54.8 Å². The van der Waals surface area contributed by atoms with E-state index in [1.165, 1.54) is 23.5 Å². The van der Waals surface area contributed by atoms with Crippen LogP contribution in [0.2, 0.25) is 0 Å². The van der Waals surface area contributed by atoms with Gasteiger partial charge in [0.05, 0.1) is 18.4 Å². The summed E-state index contributed by atoms with van der Waals surface area (Å²) in [7, 11) is -2.21. The molecule has 1 fully saturated rings. The number of rotatable bonds is 5. The normalized spacial score (nSPS) is 15.4. The van der Waals surface area contributed by atoms with Gasteiger partial charge < -0.3 is 9.64 Å². The molecule has 2 aromatic rings. The van der Waals surface area contributed by atoms with Gasteiger partial charge in [-0.15, -0.1) is 0 Å². The molecule has 0 N–H and O–H groups in total. The van der Waals surface area contributed by atoms with Crippen LogP contribution >= 0.6 is 0 Å². The fourth-order valence-electron chi connectivity index (χ4n) is 3.31. The molecule has 0 atom stereocenters. The van der Waals surface area contributed by atoms with Gasteiger partial charge in [-0.25, -0.2) is 12.8 Å². The monoisotopic (exact) mass is 420 g/mol. The van der Waals surface area contributed by atoms with Crippen molar-refractivity contribution in [3.05, 3.63) is 58.9 Å². The molecule has 0 unspecified atom stereocenters. The molecule has 1 amide bonds.